The van der Waals surface area contributed by atoms with Crippen molar-refractivity contribution in [2.45, 2.75) is 19.0 Å². The number of morpholine rings is 1. The van der Waals surface area contributed by atoms with Crippen molar-refractivity contribution in [3.63, 3.8) is 0 Å². The molecule has 5 heteroatoms. The number of carbonyl (C=O) groups is 1. The molecule has 26 heavy (non-hydrogen) atoms. The molecule has 138 valence electrons. The van der Waals surface area contributed by atoms with E-state index in [2.05, 4.69) is 29.3 Å². The molecule has 1 aliphatic heterocycles. The Morgan fingerprint density at radius 3 is 2.35 bits per heavy atom. The molecule has 0 aromatic heterocycles. The first kappa shape index (κ1) is 18.4. The van der Waals surface area contributed by atoms with Gasteiger partial charge < -0.3 is 14.8 Å². The molecule has 1 aliphatic rings. The number of carbonyl (C=O) groups excluding carboxylic acids is 1. The summed E-state index contributed by atoms with van der Waals surface area (Å²) >= 11 is 0. The van der Waals surface area contributed by atoms with Crippen LogP contribution in [0.1, 0.15) is 28.9 Å². The molecule has 1 N–H and O–H groups in total. The van der Waals surface area contributed by atoms with E-state index < -0.39 is 0 Å². The molecule has 0 bridgehead atoms. The van der Waals surface area contributed by atoms with E-state index in [1.165, 1.54) is 5.56 Å². The Balaban J connectivity index is 1.75. The highest BCUT2D eigenvalue weighted by atomic mass is 16.5. The zero-order valence-electron chi connectivity index (χ0n) is 15.4. The van der Waals surface area contributed by atoms with E-state index in [0.29, 0.717) is 5.56 Å². The third-order valence-corrected chi connectivity index (χ3v) is 4.76. The van der Waals surface area contributed by atoms with Gasteiger partial charge in [0.15, 0.2) is 0 Å². The third-order valence-electron chi connectivity index (χ3n) is 4.76. The fourth-order valence-electron chi connectivity index (χ4n) is 3.43. The largest absolute Gasteiger partial charge is 0.497 e. The molecule has 1 fully saturated rings. The van der Waals surface area contributed by atoms with E-state index in [4.69, 9.17) is 9.47 Å². The van der Waals surface area contributed by atoms with Gasteiger partial charge in [-0.1, -0.05) is 30.3 Å². The van der Waals surface area contributed by atoms with Crippen LogP contribution in [0.3, 0.4) is 0 Å². The van der Waals surface area contributed by atoms with Crippen LogP contribution in [0.4, 0.5) is 0 Å². The number of nitrogens with one attached hydrogen (secondary N) is 1. The van der Waals surface area contributed by atoms with E-state index in [0.717, 1.165) is 32.1 Å². The molecule has 0 spiro atoms. The van der Waals surface area contributed by atoms with Crippen LogP contribution in [0.5, 0.6) is 5.75 Å². The number of hydrogen-bond acceptors (Lipinski definition) is 4. The lowest BCUT2D eigenvalue weighted by atomic mass is 9.97. The summed E-state index contributed by atoms with van der Waals surface area (Å²) in [6.07, 6.45) is 0. The van der Waals surface area contributed by atoms with Crippen LogP contribution in [0.2, 0.25) is 0 Å². The molecule has 2 aromatic rings. The van der Waals surface area contributed by atoms with Crippen LogP contribution in [-0.4, -0.2) is 50.3 Å². The number of benzene rings is 2. The van der Waals surface area contributed by atoms with Gasteiger partial charge in [0.25, 0.3) is 5.91 Å². The molecule has 1 amide bonds. The first-order valence-corrected chi connectivity index (χ1v) is 9.00. The molecule has 1 saturated heterocycles. The van der Waals surface area contributed by atoms with Gasteiger partial charge in [0.1, 0.15) is 5.75 Å². The van der Waals surface area contributed by atoms with E-state index in [9.17, 15) is 4.79 Å². The Hall–Kier alpha value is -2.37. The highest BCUT2D eigenvalue weighted by Crippen LogP contribution is 2.25. The molecule has 0 aliphatic carbocycles. The molecule has 5 nitrogen and oxygen atoms in total. The molecular weight excluding hydrogens is 328 g/mol. The van der Waals surface area contributed by atoms with E-state index >= 15 is 0 Å². The Morgan fingerprint density at radius 1 is 1.08 bits per heavy atom. The Bertz CT molecular complexity index is 697. The van der Waals surface area contributed by atoms with Gasteiger partial charge in [-0.05, 0) is 36.8 Å². The second kappa shape index (κ2) is 8.83. The third kappa shape index (κ3) is 4.42. The van der Waals surface area contributed by atoms with Crippen LogP contribution in [-0.2, 0) is 4.74 Å². The second-order valence-corrected chi connectivity index (χ2v) is 6.49. The van der Waals surface area contributed by atoms with Crippen molar-refractivity contribution < 1.29 is 14.3 Å². The fraction of sp³-hybridized carbons (Fsp3) is 0.381. The lowest BCUT2D eigenvalue weighted by Gasteiger charge is -2.38. The SMILES string of the molecule is COc1ccc(C(=O)N[C@H](C)[C@@H](c2ccccc2)N2CCOCC2)cc1. The highest BCUT2D eigenvalue weighted by Gasteiger charge is 2.28. The minimum Gasteiger partial charge on any atom is -0.497 e. The van der Waals surface area contributed by atoms with Gasteiger partial charge in [-0.15, -0.1) is 0 Å². The number of ether oxygens (including phenoxy) is 2. The van der Waals surface area contributed by atoms with Crippen LogP contribution < -0.4 is 10.1 Å². The highest BCUT2D eigenvalue weighted by molar-refractivity contribution is 5.94. The second-order valence-electron chi connectivity index (χ2n) is 6.49. The summed E-state index contributed by atoms with van der Waals surface area (Å²) in [6, 6.07) is 17.6. The number of amides is 1. The minimum absolute atomic E-state index is 0.0369. The maximum atomic E-state index is 12.7. The molecule has 3 rings (SSSR count). The standard InChI is InChI=1S/C21H26N2O3/c1-16(22-21(24)18-8-10-19(25-2)11-9-18)20(17-6-4-3-5-7-17)23-12-14-26-15-13-23/h3-11,16,20H,12-15H2,1-2H3,(H,22,24)/t16-,20+/m1/s1. The van der Waals surface area contributed by atoms with E-state index in [1.54, 1.807) is 31.4 Å². The minimum atomic E-state index is -0.0747. The number of hydrogen-bond donors (Lipinski definition) is 1. The molecule has 1 heterocycles. The molecule has 0 saturated carbocycles. The van der Waals surface area contributed by atoms with Gasteiger partial charge in [-0.2, -0.15) is 0 Å². The predicted octanol–water partition coefficient (Wildman–Crippen LogP) is 2.89. The summed E-state index contributed by atoms with van der Waals surface area (Å²) < 4.78 is 10.7. The first-order chi connectivity index (χ1) is 12.7. The first-order valence-electron chi connectivity index (χ1n) is 9.00. The topological polar surface area (TPSA) is 50.8 Å². The van der Waals surface area contributed by atoms with Crippen molar-refractivity contribution in [2.24, 2.45) is 0 Å². The zero-order chi connectivity index (χ0) is 18.4. The van der Waals surface area contributed by atoms with Gasteiger partial charge in [-0.3, -0.25) is 9.69 Å². The van der Waals surface area contributed by atoms with Crippen molar-refractivity contribution in [1.82, 2.24) is 10.2 Å². The van der Waals surface area contributed by atoms with Crippen LogP contribution in [0, 0.1) is 0 Å². The van der Waals surface area contributed by atoms with Gasteiger partial charge in [0.2, 0.25) is 0 Å². The molecule has 0 radical (unpaired) electrons. The number of rotatable bonds is 6. The smallest absolute Gasteiger partial charge is 0.251 e. The van der Waals surface area contributed by atoms with E-state index in [1.807, 2.05) is 18.2 Å². The molecular formula is C21H26N2O3. The summed E-state index contributed by atoms with van der Waals surface area (Å²) in [4.78, 5) is 15.1. The average Bonchev–Trinajstić information content (AvgIpc) is 2.70. The van der Waals surface area contributed by atoms with Crippen LogP contribution in [0.25, 0.3) is 0 Å². The van der Waals surface area contributed by atoms with Crippen molar-refractivity contribution in [3.05, 3.63) is 65.7 Å². The molecule has 2 atom stereocenters. The summed E-state index contributed by atoms with van der Waals surface area (Å²) in [6.45, 7) is 5.24. The average molecular weight is 354 g/mol. The van der Waals surface area contributed by atoms with Crippen molar-refractivity contribution in [1.29, 1.82) is 0 Å². The van der Waals surface area contributed by atoms with Gasteiger partial charge in [0, 0.05) is 24.7 Å². The van der Waals surface area contributed by atoms with Gasteiger partial charge in [0.05, 0.1) is 26.4 Å². The van der Waals surface area contributed by atoms with Gasteiger partial charge in [-0.25, -0.2) is 0 Å². The Morgan fingerprint density at radius 2 is 1.73 bits per heavy atom. The number of methoxy groups -OCH3 is 1. The van der Waals surface area contributed by atoms with Crippen LogP contribution >= 0.6 is 0 Å². The number of nitrogens with zero attached hydrogens (tertiary/aromatic N) is 1. The summed E-state index contributed by atoms with van der Waals surface area (Å²) in [7, 11) is 1.62. The molecule has 0 unspecified atom stereocenters. The Kier molecular flexibility index (Phi) is 6.26. The van der Waals surface area contributed by atoms with E-state index in [-0.39, 0.29) is 18.0 Å². The van der Waals surface area contributed by atoms with Crippen molar-refractivity contribution in [3.8, 4) is 5.75 Å². The quantitative estimate of drug-likeness (QED) is 0.867. The lowest BCUT2D eigenvalue weighted by molar-refractivity contribution is 0.00888. The molecule has 2 aromatic carbocycles. The maximum Gasteiger partial charge on any atom is 0.251 e. The normalized spacial score (nSPS) is 17.3. The monoisotopic (exact) mass is 354 g/mol. The lowest BCUT2D eigenvalue weighted by Crippen LogP contribution is -2.48. The Labute approximate surface area is 154 Å². The summed E-state index contributed by atoms with van der Waals surface area (Å²) in [5.41, 5.74) is 1.84. The maximum absolute atomic E-state index is 12.7. The van der Waals surface area contributed by atoms with Gasteiger partial charge >= 0.3 is 0 Å². The predicted molar refractivity (Wildman–Crippen MR) is 101 cm³/mol. The zero-order valence-corrected chi connectivity index (χ0v) is 15.4. The van der Waals surface area contributed by atoms with Crippen LogP contribution in [0.15, 0.2) is 54.6 Å². The summed E-state index contributed by atoms with van der Waals surface area (Å²) in [5.74, 6) is 0.666. The summed E-state index contributed by atoms with van der Waals surface area (Å²) in [5, 5.41) is 3.17. The van der Waals surface area contributed by atoms with Crippen molar-refractivity contribution >= 4 is 5.91 Å². The van der Waals surface area contributed by atoms with Crippen molar-refractivity contribution in [2.75, 3.05) is 33.4 Å². The fourth-order valence-corrected chi connectivity index (χ4v) is 3.43.